The van der Waals surface area contributed by atoms with Crippen molar-refractivity contribution in [1.29, 1.82) is 0 Å². The maximum Gasteiger partial charge on any atom is 0.350 e. The van der Waals surface area contributed by atoms with Gasteiger partial charge in [-0.25, -0.2) is 13.6 Å². The lowest BCUT2D eigenvalue weighted by Crippen LogP contribution is -2.48. The number of nitrogens with one attached hydrogen (secondary N) is 1. The lowest BCUT2D eigenvalue weighted by molar-refractivity contribution is -0.160. The molecule has 0 unspecified atom stereocenters. The number of fused-ring (bicyclic) bond motifs is 1. The van der Waals surface area contributed by atoms with E-state index in [0.29, 0.717) is 11.4 Å². The summed E-state index contributed by atoms with van der Waals surface area (Å²) < 4.78 is 38.0. The lowest BCUT2D eigenvalue weighted by atomic mass is 10.2. The Kier molecular flexibility index (Phi) is 5.76. The van der Waals surface area contributed by atoms with Crippen LogP contribution in [0.25, 0.3) is 0 Å². The Hall–Kier alpha value is -3.49. The van der Waals surface area contributed by atoms with E-state index in [1.54, 1.807) is 24.3 Å². The molecule has 0 saturated heterocycles. The number of para-hydroxylation sites is 3. The average Bonchev–Trinajstić information content (AvgIpc) is 2.69. The van der Waals surface area contributed by atoms with Gasteiger partial charge in [-0.05, 0) is 31.2 Å². The maximum atomic E-state index is 13.7. The van der Waals surface area contributed by atoms with Gasteiger partial charge in [0, 0.05) is 6.92 Å². The van der Waals surface area contributed by atoms with Crippen LogP contribution >= 0.6 is 0 Å². The predicted octanol–water partition coefficient (Wildman–Crippen LogP) is 2.65. The number of carbonyl (C=O) groups excluding carboxylic acids is 3. The third kappa shape index (κ3) is 4.34. The Morgan fingerprint density at radius 2 is 1.79 bits per heavy atom. The first-order valence-electron chi connectivity index (χ1n) is 8.77. The zero-order valence-corrected chi connectivity index (χ0v) is 15.6. The van der Waals surface area contributed by atoms with E-state index in [4.69, 9.17) is 9.47 Å². The normalized spacial score (nSPS) is 16.3. The number of esters is 1. The zero-order valence-electron chi connectivity index (χ0n) is 15.6. The molecule has 7 nitrogen and oxygen atoms in total. The van der Waals surface area contributed by atoms with Gasteiger partial charge in [-0.1, -0.05) is 18.2 Å². The van der Waals surface area contributed by atoms with Crippen molar-refractivity contribution in [2.75, 3.05) is 16.8 Å². The molecule has 0 spiro atoms. The van der Waals surface area contributed by atoms with Crippen LogP contribution in [0.3, 0.4) is 0 Å². The van der Waals surface area contributed by atoms with E-state index in [1.807, 2.05) is 0 Å². The summed E-state index contributed by atoms with van der Waals surface area (Å²) in [6, 6.07) is 9.81. The number of benzene rings is 2. The number of ether oxygens (including phenoxy) is 2. The topological polar surface area (TPSA) is 84.9 Å². The zero-order chi connectivity index (χ0) is 21.1. The number of amides is 2. The minimum atomic E-state index is -1.35. The van der Waals surface area contributed by atoms with Crippen LogP contribution in [0.15, 0.2) is 42.5 Å². The van der Waals surface area contributed by atoms with Gasteiger partial charge in [0.25, 0.3) is 5.91 Å². The molecule has 0 aromatic heterocycles. The highest BCUT2D eigenvalue weighted by Gasteiger charge is 2.35. The molecular weight excluding hydrogens is 386 g/mol. The molecule has 29 heavy (non-hydrogen) atoms. The Labute approximate surface area is 165 Å². The first kappa shape index (κ1) is 20.2. The molecule has 1 heterocycles. The molecule has 3 rings (SSSR count). The largest absolute Gasteiger partial charge is 0.475 e. The Morgan fingerprint density at radius 3 is 2.45 bits per heavy atom. The van der Waals surface area contributed by atoms with Crippen LogP contribution in [-0.4, -0.2) is 36.5 Å². The number of hydrogen-bond donors (Lipinski definition) is 1. The quantitative estimate of drug-likeness (QED) is 0.792. The highest BCUT2D eigenvalue weighted by molar-refractivity contribution is 5.97. The van der Waals surface area contributed by atoms with Crippen molar-refractivity contribution in [3.05, 3.63) is 54.1 Å². The molecule has 0 radical (unpaired) electrons. The van der Waals surface area contributed by atoms with Crippen molar-refractivity contribution in [3.8, 4) is 5.75 Å². The van der Waals surface area contributed by atoms with Crippen LogP contribution in [0.1, 0.15) is 13.8 Å². The van der Waals surface area contributed by atoms with Gasteiger partial charge >= 0.3 is 5.97 Å². The Bertz CT molecular complexity index is 945. The molecule has 152 valence electrons. The predicted molar refractivity (Wildman–Crippen MR) is 99.4 cm³/mol. The lowest BCUT2D eigenvalue weighted by Gasteiger charge is -2.33. The van der Waals surface area contributed by atoms with Crippen molar-refractivity contribution in [2.45, 2.75) is 26.1 Å². The third-order valence-electron chi connectivity index (χ3n) is 4.29. The molecule has 1 N–H and O–H groups in total. The average molecular weight is 404 g/mol. The van der Waals surface area contributed by atoms with E-state index in [2.05, 4.69) is 5.32 Å². The summed E-state index contributed by atoms with van der Waals surface area (Å²) in [5.41, 5.74) is -0.115. The number of carbonyl (C=O) groups is 3. The van der Waals surface area contributed by atoms with Gasteiger partial charge in [-0.15, -0.1) is 0 Å². The third-order valence-corrected chi connectivity index (χ3v) is 4.29. The van der Waals surface area contributed by atoms with Crippen LogP contribution in [0.2, 0.25) is 0 Å². The Morgan fingerprint density at radius 1 is 1.14 bits per heavy atom. The SMILES string of the molecule is CC(=O)N1C[C@@H](C(=O)O[C@H](C)C(=O)Nc2c(F)cccc2F)Oc2ccccc21. The van der Waals surface area contributed by atoms with Crippen LogP contribution < -0.4 is 15.0 Å². The number of anilines is 2. The molecule has 9 heteroatoms. The van der Waals surface area contributed by atoms with Gasteiger partial charge in [0.2, 0.25) is 12.0 Å². The van der Waals surface area contributed by atoms with E-state index >= 15 is 0 Å². The number of hydrogen-bond acceptors (Lipinski definition) is 5. The standard InChI is InChI=1S/C20H18F2N2O5/c1-11(19(26)23-18-13(21)6-5-7-14(18)22)28-20(27)17-10-24(12(2)25)15-8-3-4-9-16(15)29-17/h3-9,11,17H,10H2,1-2H3,(H,23,26)/t11-,17+/m1/s1. The van der Waals surface area contributed by atoms with Gasteiger partial charge in [0.1, 0.15) is 23.1 Å². The van der Waals surface area contributed by atoms with E-state index in [-0.39, 0.29) is 12.5 Å². The van der Waals surface area contributed by atoms with Crippen LogP contribution in [0.5, 0.6) is 5.75 Å². The molecule has 0 fully saturated rings. The maximum absolute atomic E-state index is 13.7. The first-order valence-corrected chi connectivity index (χ1v) is 8.77. The van der Waals surface area contributed by atoms with Gasteiger partial charge < -0.3 is 19.7 Å². The summed E-state index contributed by atoms with van der Waals surface area (Å²) in [6.45, 7) is 2.51. The fourth-order valence-corrected chi connectivity index (χ4v) is 2.80. The second-order valence-electron chi connectivity index (χ2n) is 6.37. The van der Waals surface area contributed by atoms with Crippen molar-refractivity contribution < 1.29 is 32.6 Å². The number of halogens is 2. The van der Waals surface area contributed by atoms with Gasteiger partial charge in [-0.2, -0.15) is 0 Å². The van der Waals surface area contributed by atoms with Crippen molar-refractivity contribution in [2.24, 2.45) is 0 Å². The van der Waals surface area contributed by atoms with Crippen molar-refractivity contribution in [3.63, 3.8) is 0 Å². The summed E-state index contributed by atoms with van der Waals surface area (Å²) in [5, 5.41) is 2.06. The van der Waals surface area contributed by atoms with E-state index in [0.717, 1.165) is 18.2 Å². The second kappa shape index (κ2) is 8.26. The number of nitrogens with zero attached hydrogens (tertiary/aromatic N) is 1. The van der Waals surface area contributed by atoms with Crippen molar-refractivity contribution >= 4 is 29.2 Å². The fraction of sp³-hybridized carbons (Fsp3) is 0.250. The molecule has 0 aliphatic carbocycles. The Balaban J connectivity index is 1.68. The summed E-state index contributed by atoms with van der Waals surface area (Å²) in [5.74, 6) is -3.69. The molecular formula is C20H18F2N2O5. The fourth-order valence-electron chi connectivity index (χ4n) is 2.80. The summed E-state index contributed by atoms with van der Waals surface area (Å²) in [6.07, 6.45) is -2.51. The molecule has 1 aliphatic heterocycles. The minimum absolute atomic E-state index is 0.0958. The molecule has 1 aliphatic rings. The van der Waals surface area contributed by atoms with E-state index in [1.165, 1.54) is 18.7 Å². The van der Waals surface area contributed by atoms with E-state index < -0.39 is 41.4 Å². The van der Waals surface area contributed by atoms with Gasteiger partial charge in [-0.3, -0.25) is 9.59 Å². The summed E-state index contributed by atoms with van der Waals surface area (Å²) in [7, 11) is 0. The second-order valence-corrected chi connectivity index (χ2v) is 6.37. The highest BCUT2D eigenvalue weighted by atomic mass is 19.1. The minimum Gasteiger partial charge on any atom is -0.475 e. The number of rotatable bonds is 4. The molecule has 2 aromatic rings. The van der Waals surface area contributed by atoms with E-state index in [9.17, 15) is 23.2 Å². The molecule has 0 saturated carbocycles. The first-order chi connectivity index (χ1) is 13.8. The monoisotopic (exact) mass is 404 g/mol. The van der Waals surface area contributed by atoms with Crippen molar-refractivity contribution in [1.82, 2.24) is 0 Å². The van der Waals surface area contributed by atoms with Crippen LogP contribution in [0.4, 0.5) is 20.2 Å². The van der Waals surface area contributed by atoms with Crippen LogP contribution in [-0.2, 0) is 19.1 Å². The summed E-state index contributed by atoms with van der Waals surface area (Å²) in [4.78, 5) is 37.9. The van der Waals surface area contributed by atoms with Gasteiger partial charge in [0.15, 0.2) is 6.10 Å². The van der Waals surface area contributed by atoms with Gasteiger partial charge in [0.05, 0.1) is 12.2 Å². The molecule has 2 amide bonds. The molecule has 2 atom stereocenters. The highest BCUT2D eigenvalue weighted by Crippen LogP contribution is 2.33. The molecule has 0 bridgehead atoms. The smallest absolute Gasteiger partial charge is 0.350 e. The molecule has 2 aromatic carbocycles. The summed E-state index contributed by atoms with van der Waals surface area (Å²) >= 11 is 0. The van der Waals surface area contributed by atoms with Crippen LogP contribution in [0, 0.1) is 11.6 Å².